The van der Waals surface area contributed by atoms with Crippen LogP contribution in [0.5, 0.6) is 0 Å². The quantitative estimate of drug-likeness (QED) is 0.235. The molecule has 0 bridgehead atoms. The number of nitrogens with zero attached hydrogens (tertiary/aromatic N) is 7. The monoisotopic (exact) mass is 569 g/mol. The van der Waals surface area contributed by atoms with Gasteiger partial charge in [-0.1, -0.05) is 48.0 Å². The van der Waals surface area contributed by atoms with E-state index in [1.807, 2.05) is 99.1 Å². The second kappa shape index (κ2) is 10.5. The van der Waals surface area contributed by atoms with E-state index >= 15 is 0 Å². The fourth-order valence-corrected chi connectivity index (χ4v) is 5.52. The minimum Gasteiger partial charge on any atom is -0.463 e. The maximum absolute atomic E-state index is 13.5. The van der Waals surface area contributed by atoms with Crippen LogP contribution in [0.1, 0.15) is 17.0 Å². The molecule has 4 heterocycles. The topological polar surface area (TPSA) is 87.5 Å². The van der Waals surface area contributed by atoms with Crippen LogP contribution in [-0.4, -0.2) is 30.0 Å². The molecule has 2 aromatic carbocycles. The van der Waals surface area contributed by atoms with Gasteiger partial charge in [-0.3, -0.25) is 9.48 Å². The summed E-state index contributed by atoms with van der Waals surface area (Å²) in [6.45, 7) is 3.75. The Morgan fingerprint density at radius 2 is 1.68 bits per heavy atom. The van der Waals surface area contributed by atoms with Crippen LogP contribution in [0.15, 0.2) is 104 Å². The van der Waals surface area contributed by atoms with E-state index in [1.165, 1.54) is 11.3 Å². The Bertz CT molecular complexity index is 1960. The molecule has 0 spiro atoms. The van der Waals surface area contributed by atoms with E-state index in [1.54, 1.807) is 31.2 Å². The summed E-state index contributed by atoms with van der Waals surface area (Å²) in [6, 6.07) is 22.8. The number of aryl methyl sites for hydroxylation is 1. The van der Waals surface area contributed by atoms with Crippen molar-refractivity contribution in [2.75, 3.05) is 0 Å². The molecule has 0 radical (unpaired) electrons. The van der Waals surface area contributed by atoms with Crippen LogP contribution in [-0.2, 0) is 7.05 Å². The molecule has 0 amide bonds. The Morgan fingerprint density at radius 1 is 0.975 bits per heavy atom. The van der Waals surface area contributed by atoms with Crippen LogP contribution in [0.2, 0.25) is 5.15 Å². The van der Waals surface area contributed by atoms with Gasteiger partial charge in [-0.25, -0.2) is 19.0 Å². The molecule has 6 aromatic rings. The van der Waals surface area contributed by atoms with Gasteiger partial charge in [-0.15, -0.1) is 11.3 Å². The van der Waals surface area contributed by atoms with Gasteiger partial charge in [0.05, 0.1) is 40.8 Å². The maximum atomic E-state index is 13.5. The summed E-state index contributed by atoms with van der Waals surface area (Å²) in [6.07, 6.45) is 3.26. The minimum atomic E-state index is -0.224. The first-order valence-corrected chi connectivity index (χ1v) is 13.7. The number of para-hydroxylation sites is 2. The molecule has 0 N–H and O–H groups in total. The molecule has 9 nitrogen and oxygen atoms in total. The number of furan rings is 1. The number of halogens is 1. The Morgan fingerprint density at radius 3 is 2.35 bits per heavy atom. The van der Waals surface area contributed by atoms with Crippen molar-refractivity contribution in [3.8, 4) is 22.8 Å². The fourth-order valence-electron chi connectivity index (χ4n) is 4.38. The molecule has 0 unspecified atom stereocenters. The van der Waals surface area contributed by atoms with Crippen LogP contribution >= 0.6 is 22.9 Å². The van der Waals surface area contributed by atoms with Crippen molar-refractivity contribution < 1.29 is 4.42 Å². The smallest absolute Gasteiger partial charge is 0.297 e. The Hall–Kier alpha value is -4.67. The van der Waals surface area contributed by atoms with Crippen molar-refractivity contribution in [1.82, 2.24) is 23.8 Å². The molecule has 4 aromatic heterocycles. The highest BCUT2D eigenvalue weighted by Crippen LogP contribution is 2.24. The Kier molecular flexibility index (Phi) is 6.71. The Labute approximate surface area is 238 Å². The van der Waals surface area contributed by atoms with Crippen LogP contribution in [0, 0.1) is 13.8 Å². The van der Waals surface area contributed by atoms with Crippen molar-refractivity contribution in [2.45, 2.75) is 13.8 Å². The predicted octanol–water partition coefficient (Wildman–Crippen LogP) is 5.87. The summed E-state index contributed by atoms with van der Waals surface area (Å²) in [5.41, 5.74) is 4.51. The average molecular weight is 570 g/mol. The highest BCUT2D eigenvalue weighted by molar-refractivity contribution is 7.07. The van der Waals surface area contributed by atoms with Crippen molar-refractivity contribution in [1.29, 1.82) is 0 Å². The van der Waals surface area contributed by atoms with Crippen LogP contribution in [0.25, 0.3) is 22.8 Å². The third-order valence-electron chi connectivity index (χ3n) is 6.54. The molecule has 11 heteroatoms. The zero-order chi connectivity index (χ0) is 27.8. The summed E-state index contributed by atoms with van der Waals surface area (Å²) < 4.78 is 12.4. The van der Waals surface area contributed by atoms with Gasteiger partial charge in [-0.2, -0.15) is 10.2 Å². The van der Waals surface area contributed by atoms with E-state index in [-0.39, 0.29) is 5.56 Å². The lowest BCUT2D eigenvalue weighted by Crippen LogP contribution is -2.19. The van der Waals surface area contributed by atoms with Crippen molar-refractivity contribution in [3.63, 3.8) is 0 Å². The molecule has 0 aliphatic heterocycles. The number of hydrogen-bond acceptors (Lipinski definition) is 6. The molecule has 0 fully saturated rings. The number of hydrogen-bond donors (Lipinski definition) is 0. The minimum absolute atomic E-state index is 0.224. The van der Waals surface area contributed by atoms with Crippen molar-refractivity contribution >= 4 is 34.8 Å². The van der Waals surface area contributed by atoms with Crippen LogP contribution in [0.3, 0.4) is 0 Å². The van der Waals surface area contributed by atoms with Gasteiger partial charge in [0.2, 0.25) is 4.80 Å². The highest BCUT2D eigenvalue weighted by Gasteiger charge is 2.18. The SMILES string of the molecule is Cc1nn(-c2ccccc2)c(Cl)c1C=Nn1c(-c2ccco2)csc1=Nc1c(C)n(C)n(-c2ccccc2)c1=O. The lowest BCUT2D eigenvalue weighted by molar-refractivity contribution is 0.575. The number of benzene rings is 2. The summed E-state index contributed by atoms with van der Waals surface area (Å²) in [7, 11) is 1.84. The molecule has 0 aliphatic rings. The highest BCUT2D eigenvalue weighted by atomic mass is 35.5. The second-order valence-electron chi connectivity index (χ2n) is 9.00. The normalized spacial score (nSPS) is 12.2. The fraction of sp³-hybridized carbons (Fsp3) is 0.103. The summed E-state index contributed by atoms with van der Waals surface area (Å²) in [5, 5.41) is 11.7. The molecule has 0 aliphatic carbocycles. The number of thiazole rings is 1. The van der Waals surface area contributed by atoms with Crippen LogP contribution in [0.4, 0.5) is 5.69 Å². The van der Waals surface area contributed by atoms with Gasteiger partial charge in [-0.05, 0) is 50.2 Å². The van der Waals surface area contributed by atoms with Crippen molar-refractivity contribution in [2.24, 2.45) is 17.1 Å². The van der Waals surface area contributed by atoms with Gasteiger partial charge < -0.3 is 4.42 Å². The van der Waals surface area contributed by atoms with Gasteiger partial charge >= 0.3 is 0 Å². The third-order valence-corrected chi connectivity index (χ3v) is 7.72. The van der Waals surface area contributed by atoms with Gasteiger partial charge in [0.25, 0.3) is 5.56 Å². The molecule has 0 saturated carbocycles. The zero-order valence-electron chi connectivity index (χ0n) is 21.9. The molecular weight excluding hydrogens is 546 g/mol. The maximum Gasteiger partial charge on any atom is 0.297 e. The second-order valence-corrected chi connectivity index (χ2v) is 10.2. The third kappa shape index (κ3) is 4.47. The van der Waals surface area contributed by atoms with Gasteiger partial charge in [0, 0.05) is 12.4 Å². The first-order valence-electron chi connectivity index (χ1n) is 12.4. The molecule has 0 atom stereocenters. The zero-order valence-corrected chi connectivity index (χ0v) is 23.5. The predicted molar refractivity (Wildman–Crippen MR) is 157 cm³/mol. The lowest BCUT2D eigenvalue weighted by Gasteiger charge is -2.07. The van der Waals surface area contributed by atoms with Crippen molar-refractivity contribution in [3.05, 3.63) is 122 Å². The van der Waals surface area contributed by atoms with E-state index in [4.69, 9.17) is 26.1 Å². The van der Waals surface area contributed by atoms with Gasteiger partial charge in [0.15, 0.2) is 11.4 Å². The first kappa shape index (κ1) is 25.6. The number of aromatic nitrogens is 5. The van der Waals surface area contributed by atoms with Crippen LogP contribution < -0.4 is 10.4 Å². The molecule has 200 valence electrons. The Balaban J connectivity index is 1.50. The van der Waals surface area contributed by atoms with E-state index in [9.17, 15) is 4.79 Å². The lowest BCUT2D eigenvalue weighted by atomic mass is 10.3. The summed E-state index contributed by atoms with van der Waals surface area (Å²) in [4.78, 5) is 18.8. The largest absolute Gasteiger partial charge is 0.463 e. The van der Waals surface area contributed by atoms with E-state index in [2.05, 4.69) is 5.10 Å². The van der Waals surface area contributed by atoms with E-state index < -0.39 is 0 Å². The molecule has 40 heavy (non-hydrogen) atoms. The standard InChI is InChI=1S/C29H24ClN7O2S/c1-19-23(27(30)35(33-19)21-11-6-4-7-12-21)17-31-36-24(25-15-10-16-39-25)18-40-29(36)32-26-20(2)34(3)37(28(26)38)22-13-8-5-9-14-22/h4-18H,1-3H3. The summed E-state index contributed by atoms with van der Waals surface area (Å²) in [5.74, 6) is 0.615. The first-order chi connectivity index (χ1) is 19.4. The van der Waals surface area contributed by atoms with E-state index in [0.717, 1.165) is 22.8 Å². The molecular formula is C29H24ClN7O2S. The number of rotatable bonds is 6. The van der Waals surface area contributed by atoms with E-state index in [0.29, 0.717) is 32.7 Å². The molecule has 0 saturated heterocycles. The summed E-state index contributed by atoms with van der Waals surface area (Å²) >= 11 is 8.10. The average Bonchev–Trinajstić information content (AvgIpc) is 3.74. The molecule has 6 rings (SSSR count). The van der Waals surface area contributed by atoms with Gasteiger partial charge in [0.1, 0.15) is 10.8 Å².